The normalized spacial score (nSPS) is 41.9. The highest BCUT2D eigenvalue weighted by atomic mass is 16.7. The molecule has 1 aliphatic rings. The predicted octanol–water partition coefficient (Wildman–Crippen LogP) is 0.000400. The van der Waals surface area contributed by atoms with Gasteiger partial charge in [-0.15, -0.1) is 0 Å². The molecule has 1 heterocycles. The maximum Gasteiger partial charge on any atom is 0.189 e. The molecule has 6 heteroatoms. The van der Waals surface area contributed by atoms with Gasteiger partial charge in [0, 0.05) is 13.0 Å². The zero-order valence-electron chi connectivity index (χ0n) is 12.9. The van der Waals surface area contributed by atoms with Crippen LogP contribution < -0.4 is 5.32 Å². The summed E-state index contributed by atoms with van der Waals surface area (Å²) in [6.07, 6.45) is -2.05. The van der Waals surface area contributed by atoms with Crippen molar-refractivity contribution in [2.24, 2.45) is 0 Å². The van der Waals surface area contributed by atoms with E-state index in [9.17, 15) is 15.3 Å². The minimum atomic E-state index is -1.15. The average molecular weight is 291 g/mol. The van der Waals surface area contributed by atoms with E-state index in [1.54, 1.807) is 0 Å². The van der Waals surface area contributed by atoms with E-state index in [0.717, 1.165) is 0 Å². The summed E-state index contributed by atoms with van der Waals surface area (Å²) in [5.74, 6) is -1.07. The van der Waals surface area contributed by atoms with Crippen LogP contribution in [0.4, 0.5) is 0 Å². The minimum Gasteiger partial charge on any atom is -0.394 e. The third-order valence-corrected chi connectivity index (χ3v) is 4.30. The Morgan fingerprint density at radius 2 is 1.80 bits per heavy atom. The second kappa shape index (κ2) is 7.15. The molecule has 1 rings (SSSR count). The molecule has 120 valence electrons. The van der Waals surface area contributed by atoms with E-state index in [4.69, 9.17) is 9.47 Å². The Hall–Kier alpha value is -0.240. The van der Waals surface area contributed by atoms with E-state index >= 15 is 0 Å². The van der Waals surface area contributed by atoms with Crippen molar-refractivity contribution in [2.75, 3.05) is 19.8 Å². The van der Waals surface area contributed by atoms with Crippen molar-refractivity contribution in [1.29, 1.82) is 0 Å². The fourth-order valence-electron chi connectivity index (χ4n) is 3.34. The maximum atomic E-state index is 10.6. The van der Waals surface area contributed by atoms with Crippen LogP contribution in [0.5, 0.6) is 0 Å². The molecule has 0 aromatic heterocycles. The molecule has 4 N–H and O–H groups in total. The first-order chi connectivity index (χ1) is 9.48. The highest BCUT2D eigenvalue weighted by Gasteiger charge is 2.62. The summed E-state index contributed by atoms with van der Waals surface area (Å²) in [6, 6.07) is 0. The Kier molecular flexibility index (Phi) is 6.37. The molecule has 0 bridgehead atoms. The van der Waals surface area contributed by atoms with Gasteiger partial charge in [0.15, 0.2) is 5.79 Å². The molecule has 0 spiro atoms. The van der Waals surface area contributed by atoms with Crippen molar-refractivity contribution >= 4 is 0 Å². The van der Waals surface area contributed by atoms with Crippen molar-refractivity contribution in [1.82, 2.24) is 5.32 Å². The van der Waals surface area contributed by atoms with E-state index in [2.05, 4.69) is 5.32 Å². The Bertz CT molecular complexity index is 303. The third kappa shape index (κ3) is 2.61. The molecule has 5 atom stereocenters. The fraction of sp³-hybridized carbons (Fsp3) is 1.00. The SMILES string of the molecule is CCN[C@@]1(CC)[C@@H](O)[C@H](O)[C@@H](CO)OC1(CC)OCC. The summed E-state index contributed by atoms with van der Waals surface area (Å²) in [4.78, 5) is 0. The zero-order chi connectivity index (χ0) is 15.4. The Balaban J connectivity index is 3.29. The van der Waals surface area contributed by atoms with Crippen LogP contribution >= 0.6 is 0 Å². The monoisotopic (exact) mass is 291 g/mol. The number of aliphatic hydroxyl groups excluding tert-OH is 3. The first-order valence-corrected chi connectivity index (χ1v) is 7.52. The molecular formula is C14H29NO5. The van der Waals surface area contributed by atoms with Crippen LogP contribution in [0.25, 0.3) is 0 Å². The highest BCUT2D eigenvalue weighted by molar-refractivity contribution is 5.12. The molecule has 0 aromatic rings. The largest absolute Gasteiger partial charge is 0.394 e. The van der Waals surface area contributed by atoms with E-state index in [1.807, 2.05) is 27.7 Å². The highest BCUT2D eigenvalue weighted by Crippen LogP contribution is 2.43. The van der Waals surface area contributed by atoms with Gasteiger partial charge in [-0.1, -0.05) is 20.8 Å². The van der Waals surface area contributed by atoms with Crippen LogP contribution in [0.15, 0.2) is 0 Å². The van der Waals surface area contributed by atoms with Gasteiger partial charge in [0.1, 0.15) is 23.9 Å². The topological polar surface area (TPSA) is 91.2 Å². The lowest BCUT2D eigenvalue weighted by Crippen LogP contribution is -2.78. The van der Waals surface area contributed by atoms with Crippen molar-refractivity contribution < 1.29 is 24.8 Å². The van der Waals surface area contributed by atoms with Crippen LogP contribution in [0.3, 0.4) is 0 Å². The number of likely N-dealkylation sites (N-methyl/N-ethyl adjacent to an activating group) is 1. The Labute approximate surface area is 121 Å². The van der Waals surface area contributed by atoms with E-state index in [1.165, 1.54) is 0 Å². The summed E-state index contributed by atoms with van der Waals surface area (Å²) < 4.78 is 11.8. The number of aliphatic hydroxyl groups is 3. The van der Waals surface area contributed by atoms with Gasteiger partial charge in [0.2, 0.25) is 0 Å². The molecular weight excluding hydrogens is 262 g/mol. The molecule has 20 heavy (non-hydrogen) atoms. The van der Waals surface area contributed by atoms with Gasteiger partial charge in [0.25, 0.3) is 0 Å². The molecule has 0 radical (unpaired) electrons. The van der Waals surface area contributed by atoms with Crippen LogP contribution in [0.1, 0.15) is 40.5 Å². The lowest BCUT2D eigenvalue weighted by atomic mass is 9.73. The summed E-state index contributed by atoms with van der Waals surface area (Å²) in [5, 5.41) is 33.5. The van der Waals surface area contributed by atoms with Crippen LogP contribution in [-0.4, -0.2) is 64.7 Å². The summed E-state index contributed by atoms with van der Waals surface area (Å²) in [7, 11) is 0. The molecule has 0 aromatic carbocycles. The smallest absolute Gasteiger partial charge is 0.189 e. The van der Waals surface area contributed by atoms with E-state index < -0.39 is 29.6 Å². The van der Waals surface area contributed by atoms with Gasteiger partial charge in [0.05, 0.1) is 6.61 Å². The zero-order valence-corrected chi connectivity index (χ0v) is 12.9. The van der Waals surface area contributed by atoms with Gasteiger partial charge in [-0.2, -0.15) is 0 Å². The van der Waals surface area contributed by atoms with Gasteiger partial charge in [-0.05, 0) is 19.9 Å². The Morgan fingerprint density at radius 1 is 1.15 bits per heavy atom. The fourth-order valence-corrected chi connectivity index (χ4v) is 3.34. The third-order valence-electron chi connectivity index (χ3n) is 4.30. The molecule has 1 fully saturated rings. The summed E-state index contributed by atoms with van der Waals surface area (Å²) >= 11 is 0. The summed E-state index contributed by atoms with van der Waals surface area (Å²) in [5.41, 5.74) is -0.905. The van der Waals surface area contributed by atoms with Crippen LogP contribution in [-0.2, 0) is 9.47 Å². The van der Waals surface area contributed by atoms with E-state index in [0.29, 0.717) is 26.0 Å². The molecule has 1 unspecified atom stereocenters. The quantitative estimate of drug-likeness (QED) is 0.528. The maximum absolute atomic E-state index is 10.6. The molecule has 0 amide bonds. The lowest BCUT2D eigenvalue weighted by molar-refractivity contribution is -0.365. The average Bonchev–Trinajstić information content (AvgIpc) is 2.47. The Morgan fingerprint density at radius 3 is 2.20 bits per heavy atom. The van der Waals surface area contributed by atoms with Crippen molar-refractivity contribution in [3.8, 4) is 0 Å². The van der Waals surface area contributed by atoms with Crippen LogP contribution in [0.2, 0.25) is 0 Å². The molecule has 0 aliphatic carbocycles. The standard InChI is InChI=1S/C14H29NO5/c1-5-13(15-7-3)12(18)11(17)10(9-16)20-14(13,6-2)19-8-4/h10-12,15-18H,5-9H2,1-4H3/t10-,11-,12+,13+,14?/m1/s1. The number of nitrogens with one attached hydrogen (secondary N) is 1. The van der Waals surface area contributed by atoms with Gasteiger partial charge >= 0.3 is 0 Å². The second-order valence-corrected chi connectivity index (χ2v) is 5.17. The first kappa shape index (κ1) is 17.8. The van der Waals surface area contributed by atoms with Crippen LogP contribution in [0, 0.1) is 0 Å². The second-order valence-electron chi connectivity index (χ2n) is 5.17. The van der Waals surface area contributed by atoms with Crippen molar-refractivity contribution in [3.63, 3.8) is 0 Å². The summed E-state index contributed by atoms with van der Waals surface area (Å²) in [6.45, 7) is 8.29. The minimum absolute atomic E-state index is 0.362. The molecule has 6 nitrogen and oxygen atoms in total. The molecule has 1 saturated heterocycles. The predicted molar refractivity (Wildman–Crippen MR) is 75.3 cm³/mol. The van der Waals surface area contributed by atoms with Gasteiger partial charge in [-0.3, -0.25) is 0 Å². The molecule has 0 saturated carbocycles. The molecule has 1 aliphatic heterocycles. The van der Waals surface area contributed by atoms with Gasteiger partial charge in [-0.25, -0.2) is 0 Å². The van der Waals surface area contributed by atoms with E-state index in [-0.39, 0.29) is 6.61 Å². The van der Waals surface area contributed by atoms with Crippen molar-refractivity contribution in [3.05, 3.63) is 0 Å². The first-order valence-electron chi connectivity index (χ1n) is 7.52. The number of hydrogen-bond donors (Lipinski definition) is 4. The number of hydrogen-bond acceptors (Lipinski definition) is 6. The van der Waals surface area contributed by atoms with Gasteiger partial charge < -0.3 is 30.1 Å². The number of ether oxygens (including phenoxy) is 2. The lowest BCUT2D eigenvalue weighted by Gasteiger charge is -2.58. The van der Waals surface area contributed by atoms with Crippen molar-refractivity contribution in [2.45, 2.75) is 70.2 Å². The number of rotatable bonds is 7.